The van der Waals surface area contributed by atoms with E-state index in [1.165, 1.54) is 0 Å². The second-order valence-electron chi connectivity index (χ2n) is 6.37. The highest BCUT2D eigenvalue weighted by atomic mass is 16.4. The molecule has 0 N–H and O–H groups in total. The topological polar surface area (TPSA) is 52.1 Å². The quantitative estimate of drug-likeness (QED) is 0.373. The Bertz CT molecular complexity index is 1230. The molecule has 4 nitrogen and oxygen atoms in total. The van der Waals surface area contributed by atoms with Crippen LogP contribution in [0, 0.1) is 0 Å². The number of benzene rings is 4. The van der Waals surface area contributed by atoms with Crippen LogP contribution in [-0.2, 0) is 0 Å². The monoisotopic (exact) mass is 336 g/mol. The molecule has 6 aromatic rings. The van der Waals surface area contributed by atoms with Gasteiger partial charge in [-0.05, 0) is 45.8 Å². The molecule has 0 radical (unpaired) electrons. The van der Waals surface area contributed by atoms with Crippen molar-refractivity contribution in [2.45, 2.75) is 0 Å². The number of hydrogen-bond donors (Lipinski definition) is 0. The second-order valence-corrected chi connectivity index (χ2v) is 6.37. The average Bonchev–Trinajstić information content (AvgIpc) is 3.27. The predicted molar refractivity (Wildman–Crippen MR) is 102 cm³/mol. The van der Waals surface area contributed by atoms with Crippen LogP contribution in [0.25, 0.3) is 55.5 Å². The summed E-state index contributed by atoms with van der Waals surface area (Å²) in [5.41, 5.74) is 3.05. The molecular formula is C22H12N2O2. The van der Waals surface area contributed by atoms with E-state index in [9.17, 15) is 0 Å². The van der Waals surface area contributed by atoms with Crippen molar-refractivity contribution in [2.75, 3.05) is 0 Å². The van der Waals surface area contributed by atoms with Crippen LogP contribution in [0.15, 0.2) is 81.6 Å². The van der Waals surface area contributed by atoms with Gasteiger partial charge in [-0.25, -0.2) is 9.97 Å². The van der Waals surface area contributed by atoms with Crippen LogP contribution in [0.3, 0.4) is 0 Å². The van der Waals surface area contributed by atoms with Crippen molar-refractivity contribution in [2.24, 2.45) is 0 Å². The molecule has 2 heterocycles. The highest BCUT2D eigenvalue weighted by Crippen LogP contribution is 2.31. The Morgan fingerprint density at radius 2 is 0.885 bits per heavy atom. The number of nitrogens with zero attached hydrogens (tertiary/aromatic N) is 2. The van der Waals surface area contributed by atoms with E-state index in [-0.39, 0.29) is 0 Å². The van der Waals surface area contributed by atoms with Gasteiger partial charge in [0.1, 0.15) is 11.0 Å². The lowest BCUT2D eigenvalue weighted by atomic mass is 10.1. The first kappa shape index (κ1) is 13.6. The van der Waals surface area contributed by atoms with Crippen LogP contribution in [-0.4, -0.2) is 9.97 Å². The first-order valence-electron chi connectivity index (χ1n) is 8.43. The molecule has 4 heteroatoms. The lowest BCUT2D eigenvalue weighted by molar-refractivity contribution is 0.550. The first-order chi connectivity index (χ1) is 12.8. The van der Waals surface area contributed by atoms with Crippen molar-refractivity contribution in [1.29, 1.82) is 0 Å². The van der Waals surface area contributed by atoms with E-state index in [2.05, 4.69) is 34.2 Å². The number of rotatable bonds is 1. The normalized spacial score (nSPS) is 11.8. The van der Waals surface area contributed by atoms with Gasteiger partial charge in [-0.15, -0.1) is 0 Å². The molecule has 4 aromatic carbocycles. The standard InChI is InChI=1S/C22H12N2O2/c1-3-7-15-11-19-17(9-13(15)5-1)23-21(25-19)22-24-18-10-14-6-2-4-8-16(14)12-20(18)26-22/h1-12H. The van der Waals surface area contributed by atoms with Crippen molar-refractivity contribution in [3.63, 3.8) is 0 Å². The molecule has 0 bridgehead atoms. The number of fused-ring (bicyclic) bond motifs is 4. The van der Waals surface area contributed by atoms with Crippen LogP contribution in [0.4, 0.5) is 0 Å². The van der Waals surface area contributed by atoms with Crippen LogP contribution in [0.2, 0.25) is 0 Å². The van der Waals surface area contributed by atoms with Crippen LogP contribution >= 0.6 is 0 Å². The summed E-state index contributed by atoms with van der Waals surface area (Å²) in [7, 11) is 0. The maximum Gasteiger partial charge on any atom is 0.284 e. The van der Waals surface area contributed by atoms with E-state index in [1.54, 1.807) is 0 Å². The van der Waals surface area contributed by atoms with E-state index in [1.807, 2.05) is 48.5 Å². The minimum Gasteiger partial charge on any atom is -0.432 e. The lowest BCUT2D eigenvalue weighted by Crippen LogP contribution is -1.76. The van der Waals surface area contributed by atoms with Crippen molar-refractivity contribution in [1.82, 2.24) is 9.97 Å². The van der Waals surface area contributed by atoms with Gasteiger partial charge in [0.25, 0.3) is 11.8 Å². The average molecular weight is 336 g/mol. The maximum atomic E-state index is 5.92. The molecule has 0 aliphatic heterocycles. The van der Waals surface area contributed by atoms with Crippen molar-refractivity contribution in [3.05, 3.63) is 72.8 Å². The summed E-state index contributed by atoms with van der Waals surface area (Å²) in [4.78, 5) is 9.15. The summed E-state index contributed by atoms with van der Waals surface area (Å²) in [6, 6.07) is 24.3. The highest BCUT2D eigenvalue weighted by molar-refractivity contribution is 5.96. The molecule has 2 aromatic heterocycles. The van der Waals surface area contributed by atoms with Crippen LogP contribution in [0.5, 0.6) is 0 Å². The third-order valence-corrected chi connectivity index (χ3v) is 4.69. The van der Waals surface area contributed by atoms with Crippen molar-refractivity contribution >= 4 is 43.7 Å². The smallest absolute Gasteiger partial charge is 0.284 e. The van der Waals surface area contributed by atoms with E-state index < -0.39 is 0 Å². The third kappa shape index (κ3) is 1.96. The third-order valence-electron chi connectivity index (χ3n) is 4.69. The van der Waals surface area contributed by atoms with Gasteiger partial charge in [0.2, 0.25) is 0 Å². The summed E-state index contributed by atoms with van der Waals surface area (Å²) < 4.78 is 11.8. The van der Waals surface area contributed by atoms with E-state index in [0.717, 1.165) is 43.7 Å². The summed E-state index contributed by atoms with van der Waals surface area (Å²) in [5.74, 6) is 0.797. The number of hydrogen-bond acceptors (Lipinski definition) is 4. The van der Waals surface area contributed by atoms with Gasteiger partial charge >= 0.3 is 0 Å². The minimum absolute atomic E-state index is 0.399. The van der Waals surface area contributed by atoms with E-state index in [0.29, 0.717) is 11.8 Å². The molecule has 0 aliphatic rings. The molecule has 0 saturated carbocycles. The summed E-state index contributed by atoms with van der Waals surface area (Å²) in [6.45, 7) is 0. The van der Waals surface area contributed by atoms with Crippen molar-refractivity contribution < 1.29 is 8.83 Å². The Hall–Kier alpha value is -3.66. The fourth-order valence-corrected chi connectivity index (χ4v) is 3.41. The highest BCUT2D eigenvalue weighted by Gasteiger charge is 2.16. The molecule has 0 amide bonds. The molecule has 0 unspecified atom stereocenters. The molecular weight excluding hydrogens is 324 g/mol. The molecule has 0 fully saturated rings. The second kappa shape index (κ2) is 4.92. The fourth-order valence-electron chi connectivity index (χ4n) is 3.41. The van der Waals surface area contributed by atoms with Gasteiger partial charge in [-0.1, -0.05) is 48.5 Å². The van der Waals surface area contributed by atoms with E-state index in [4.69, 9.17) is 8.83 Å². The molecule has 0 aliphatic carbocycles. The molecule has 26 heavy (non-hydrogen) atoms. The van der Waals surface area contributed by atoms with Gasteiger partial charge in [-0.2, -0.15) is 0 Å². The molecule has 0 saturated heterocycles. The number of oxazole rings is 2. The van der Waals surface area contributed by atoms with Gasteiger partial charge in [0.15, 0.2) is 11.2 Å². The SMILES string of the molecule is c1ccc2cc3oc(-c4nc5cc6ccccc6cc5o4)nc3cc2c1. The Morgan fingerprint density at radius 3 is 1.31 bits per heavy atom. The van der Waals surface area contributed by atoms with Gasteiger partial charge in [-0.3, -0.25) is 0 Å². The minimum atomic E-state index is 0.399. The van der Waals surface area contributed by atoms with Gasteiger partial charge in [0.05, 0.1) is 0 Å². The zero-order chi connectivity index (χ0) is 17.1. The van der Waals surface area contributed by atoms with Crippen LogP contribution < -0.4 is 0 Å². The Morgan fingerprint density at radius 1 is 0.500 bits per heavy atom. The Labute approximate surface area is 147 Å². The molecule has 6 rings (SSSR count). The molecule has 0 atom stereocenters. The molecule has 122 valence electrons. The summed E-state index contributed by atoms with van der Waals surface area (Å²) >= 11 is 0. The van der Waals surface area contributed by atoms with E-state index >= 15 is 0 Å². The zero-order valence-electron chi connectivity index (χ0n) is 13.6. The summed E-state index contributed by atoms with van der Waals surface area (Å²) in [6.07, 6.45) is 0. The Balaban J connectivity index is 1.56. The van der Waals surface area contributed by atoms with Crippen LogP contribution in [0.1, 0.15) is 0 Å². The maximum absolute atomic E-state index is 5.92. The largest absolute Gasteiger partial charge is 0.432 e. The van der Waals surface area contributed by atoms with Gasteiger partial charge < -0.3 is 8.83 Å². The van der Waals surface area contributed by atoms with Crippen molar-refractivity contribution in [3.8, 4) is 11.8 Å². The summed E-state index contributed by atoms with van der Waals surface area (Å²) in [5, 5.41) is 4.49. The first-order valence-corrected chi connectivity index (χ1v) is 8.43. The zero-order valence-corrected chi connectivity index (χ0v) is 13.6. The predicted octanol–water partition coefficient (Wildman–Crippen LogP) is 5.94. The fraction of sp³-hybridized carbons (Fsp3) is 0. The number of aromatic nitrogens is 2. The van der Waals surface area contributed by atoms with Gasteiger partial charge in [0, 0.05) is 0 Å². The molecule has 0 spiro atoms. The lowest BCUT2D eigenvalue weighted by Gasteiger charge is -1.94. The Kier molecular flexibility index (Phi) is 2.58.